The van der Waals surface area contributed by atoms with Crippen molar-refractivity contribution in [1.82, 2.24) is 24.3 Å². The molecule has 2 N–H and O–H groups in total. The molecule has 0 aliphatic carbocycles. The Kier molecular flexibility index (Phi) is 4.62. The number of primary amides is 1. The van der Waals surface area contributed by atoms with Gasteiger partial charge in [0.05, 0.1) is 12.1 Å². The molecule has 1 amide bonds. The van der Waals surface area contributed by atoms with Gasteiger partial charge in [-0.25, -0.2) is 14.6 Å². The molecule has 0 radical (unpaired) electrons. The van der Waals surface area contributed by atoms with E-state index in [0.29, 0.717) is 26.0 Å². The summed E-state index contributed by atoms with van der Waals surface area (Å²) in [5, 5.41) is 4.50. The molecule has 8 heteroatoms. The number of imidazole rings is 1. The monoisotopic (exact) mass is 380 g/mol. The van der Waals surface area contributed by atoms with Crippen LogP contribution < -0.4 is 10.5 Å². The SMILES string of the molecule is Cc1nc(-c2cn3c(n2)-c2ccc(CCC(N)=O)cc2OCC3)n(C(C)C)n1. The predicted octanol–water partition coefficient (Wildman–Crippen LogP) is 2.51. The van der Waals surface area contributed by atoms with Crippen LogP contribution in [-0.2, 0) is 17.8 Å². The number of ether oxygens (including phenoxy) is 1. The molecule has 1 aromatic carbocycles. The first-order valence-electron chi connectivity index (χ1n) is 9.47. The number of amides is 1. The lowest BCUT2D eigenvalue weighted by atomic mass is 10.1. The second-order valence-electron chi connectivity index (χ2n) is 7.31. The zero-order chi connectivity index (χ0) is 19.8. The van der Waals surface area contributed by atoms with E-state index in [0.717, 1.165) is 40.0 Å². The summed E-state index contributed by atoms with van der Waals surface area (Å²) in [6, 6.07) is 6.16. The lowest BCUT2D eigenvalue weighted by molar-refractivity contribution is -0.117. The van der Waals surface area contributed by atoms with Gasteiger partial charge >= 0.3 is 0 Å². The van der Waals surface area contributed by atoms with Crippen LogP contribution in [0.2, 0.25) is 0 Å². The summed E-state index contributed by atoms with van der Waals surface area (Å²) in [6.07, 6.45) is 2.93. The number of aryl methyl sites for hydroxylation is 2. The zero-order valence-corrected chi connectivity index (χ0v) is 16.3. The minimum atomic E-state index is -0.305. The van der Waals surface area contributed by atoms with Crippen molar-refractivity contribution in [3.63, 3.8) is 0 Å². The smallest absolute Gasteiger partial charge is 0.217 e. The van der Waals surface area contributed by atoms with E-state index in [1.54, 1.807) is 0 Å². The van der Waals surface area contributed by atoms with E-state index in [1.165, 1.54) is 0 Å². The van der Waals surface area contributed by atoms with E-state index in [1.807, 2.05) is 36.0 Å². The average molecular weight is 380 g/mol. The van der Waals surface area contributed by atoms with Crippen LogP contribution >= 0.6 is 0 Å². The standard InChI is InChI=1S/C20H24N6O2/c1-12(2)26-20(22-13(3)24-26)16-11-25-8-9-28-17-10-14(5-7-18(21)27)4-6-15(17)19(25)23-16/h4,6,10-12H,5,7-9H2,1-3H3,(H2,21,27). The van der Waals surface area contributed by atoms with E-state index in [9.17, 15) is 4.79 Å². The van der Waals surface area contributed by atoms with Gasteiger partial charge in [-0.1, -0.05) is 6.07 Å². The number of benzene rings is 1. The largest absolute Gasteiger partial charge is 0.491 e. The quantitative estimate of drug-likeness (QED) is 0.733. The first-order chi connectivity index (χ1) is 13.4. The Labute approximate surface area is 163 Å². The summed E-state index contributed by atoms with van der Waals surface area (Å²) in [4.78, 5) is 20.5. The third-order valence-electron chi connectivity index (χ3n) is 4.77. The average Bonchev–Trinajstić information content (AvgIpc) is 3.20. The van der Waals surface area contributed by atoms with Gasteiger partial charge in [-0.2, -0.15) is 5.10 Å². The van der Waals surface area contributed by atoms with Crippen molar-refractivity contribution in [3.05, 3.63) is 35.8 Å². The van der Waals surface area contributed by atoms with E-state index < -0.39 is 0 Å². The Balaban J connectivity index is 1.74. The molecule has 2 aromatic heterocycles. The highest BCUT2D eigenvalue weighted by atomic mass is 16.5. The maximum atomic E-state index is 11.1. The Morgan fingerprint density at radius 1 is 1.29 bits per heavy atom. The second-order valence-corrected chi connectivity index (χ2v) is 7.31. The van der Waals surface area contributed by atoms with Crippen LogP contribution in [0.5, 0.6) is 5.75 Å². The Morgan fingerprint density at radius 3 is 2.86 bits per heavy atom. The molecule has 0 atom stereocenters. The molecule has 3 heterocycles. The van der Waals surface area contributed by atoms with Gasteiger partial charge in [-0.3, -0.25) is 4.79 Å². The van der Waals surface area contributed by atoms with Gasteiger partial charge in [0.25, 0.3) is 0 Å². The van der Waals surface area contributed by atoms with Crippen LogP contribution in [0, 0.1) is 6.92 Å². The van der Waals surface area contributed by atoms with Crippen LogP contribution in [0.25, 0.3) is 22.9 Å². The maximum absolute atomic E-state index is 11.1. The van der Waals surface area contributed by atoms with Gasteiger partial charge in [0.15, 0.2) is 5.82 Å². The van der Waals surface area contributed by atoms with E-state index >= 15 is 0 Å². The number of hydrogen-bond donors (Lipinski definition) is 1. The third-order valence-corrected chi connectivity index (χ3v) is 4.77. The van der Waals surface area contributed by atoms with Gasteiger partial charge in [0.1, 0.15) is 29.7 Å². The van der Waals surface area contributed by atoms with Gasteiger partial charge in [0, 0.05) is 18.7 Å². The molecular weight excluding hydrogens is 356 g/mol. The zero-order valence-electron chi connectivity index (χ0n) is 16.3. The highest BCUT2D eigenvalue weighted by Gasteiger charge is 2.22. The fourth-order valence-electron chi connectivity index (χ4n) is 3.42. The van der Waals surface area contributed by atoms with Crippen LogP contribution in [-0.4, -0.2) is 36.8 Å². The molecule has 0 bridgehead atoms. The molecule has 8 nitrogen and oxygen atoms in total. The summed E-state index contributed by atoms with van der Waals surface area (Å²) in [5.41, 5.74) is 8.01. The predicted molar refractivity (Wildman–Crippen MR) is 105 cm³/mol. The molecule has 0 fully saturated rings. The minimum absolute atomic E-state index is 0.195. The summed E-state index contributed by atoms with van der Waals surface area (Å²) in [5.74, 6) is 2.82. The first kappa shape index (κ1) is 18.2. The van der Waals surface area contributed by atoms with Crippen LogP contribution in [0.15, 0.2) is 24.4 Å². The summed E-state index contributed by atoms with van der Waals surface area (Å²) in [6.45, 7) is 7.29. The Hall–Kier alpha value is -3.16. The van der Waals surface area contributed by atoms with Crippen molar-refractivity contribution in [3.8, 4) is 28.7 Å². The lowest BCUT2D eigenvalue weighted by Gasteiger charge is -2.09. The molecule has 1 aliphatic heterocycles. The molecule has 0 saturated carbocycles. The first-order valence-corrected chi connectivity index (χ1v) is 9.47. The number of fused-ring (bicyclic) bond motifs is 3. The Morgan fingerprint density at radius 2 is 2.11 bits per heavy atom. The molecule has 146 valence electrons. The van der Waals surface area contributed by atoms with Crippen molar-refractivity contribution < 1.29 is 9.53 Å². The molecule has 0 saturated heterocycles. The van der Waals surface area contributed by atoms with E-state index in [2.05, 4.69) is 28.5 Å². The number of hydrogen-bond acceptors (Lipinski definition) is 5. The topological polar surface area (TPSA) is 101 Å². The fourth-order valence-corrected chi connectivity index (χ4v) is 3.42. The van der Waals surface area contributed by atoms with E-state index in [4.69, 9.17) is 15.5 Å². The maximum Gasteiger partial charge on any atom is 0.217 e. The number of aromatic nitrogens is 5. The molecule has 0 spiro atoms. The molecule has 1 aliphatic rings. The van der Waals surface area contributed by atoms with Crippen molar-refractivity contribution >= 4 is 5.91 Å². The number of nitrogens with zero attached hydrogens (tertiary/aromatic N) is 5. The normalized spacial score (nSPS) is 13.0. The summed E-state index contributed by atoms with van der Waals surface area (Å²) < 4.78 is 9.94. The van der Waals surface area contributed by atoms with Crippen molar-refractivity contribution in [2.45, 2.75) is 46.2 Å². The summed E-state index contributed by atoms with van der Waals surface area (Å²) in [7, 11) is 0. The molecule has 0 unspecified atom stereocenters. The number of rotatable bonds is 5. The van der Waals surface area contributed by atoms with Crippen LogP contribution in [0.4, 0.5) is 0 Å². The summed E-state index contributed by atoms with van der Waals surface area (Å²) >= 11 is 0. The van der Waals surface area contributed by atoms with Gasteiger partial charge in [-0.15, -0.1) is 0 Å². The third kappa shape index (κ3) is 3.37. The number of carbonyl (C=O) groups is 1. The fraction of sp³-hybridized carbons (Fsp3) is 0.400. The van der Waals surface area contributed by atoms with Crippen LogP contribution in [0.1, 0.15) is 37.7 Å². The molecule has 28 heavy (non-hydrogen) atoms. The van der Waals surface area contributed by atoms with Crippen molar-refractivity contribution in [2.24, 2.45) is 5.73 Å². The van der Waals surface area contributed by atoms with E-state index in [-0.39, 0.29) is 11.9 Å². The Bertz CT molecular complexity index is 1030. The van der Waals surface area contributed by atoms with Gasteiger partial charge < -0.3 is 15.0 Å². The van der Waals surface area contributed by atoms with Gasteiger partial charge in [-0.05, 0) is 44.9 Å². The minimum Gasteiger partial charge on any atom is -0.491 e. The highest BCUT2D eigenvalue weighted by Crippen LogP contribution is 2.34. The number of carbonyl (C=O) groups excluding carboxylic acids is 1. The molecule has 4 rings (SSSR count). The molecular formula is C20H24N6O2. The number of nitrogens with two attached hydrogens (primary N) is 1. The second kappa shape index (κ2) is 7.10. The van der Waals surface area contributed by atoms with Crippen molar-refractivity contribution in [2.75, 3.05) is 6.61 Å². The molecule has 3 aromatic rings. The highest BCUT2D eigenvalue weighted by molar-refractivity contribution is 5.74. The lowest BCUT2D eigenvalue weighted by Crippen LogP contribution is -2.11. The van der Waals surface area contributed by atoms with Crippen molar-refractivity contribution in [1.29, 1.82) is 0 Å². The van der Waals surface area contributed by atoms with Crippen LogP contribution in [0.3, 0.4) is 0 Å². The van der Waals surface area contributed by atoms with Gasteiger partial charge in [0.2, 0.25) is 5.91 Å².